The first-order chi connectivity index (χ1) is 4.63. The van der Waals surface area contributed by atoms with Gasteiger partial charge in [-0.2, -0.15) is 5.10 Å². The molecule has 1 aromatic rings. The van der Waals surface area contributed by atoms with Gasteiger partial charge in [0.2, 0.25) is 0 Å². The predicted molar refractivity (Wildman–Crippen MR) is 35.0 cm³/mol. The van der Waals surface area contributed by atoms with E-state index >= 15 is 0 Å². The van der Waals surface area contributed by atoms with E-state index in [9.17, 15) is 4.79 Å². The van der Waals surface area contributed by atoms with E-state index in [2.05, 4.69) is 10.2 Å². The zero-order chi connectivity index (χ0) is 7.72. The van der Waals surface area contributed by atoms with Crippen LogP contribution in [0.3, 0.4) is 0 Å². The Hall–Kier alpha value is -1.32. The molecule has 0 bridgehead atoms. The van der Waals surface area contributed by atoms with Crippen LogP contribution >= 0.6 is 0 Å². The van der Waals surface area contributed by atoms with Gasteiger partial charge in [-0.3, -0.25) is 5.10 Å². The van der Waals surface area contributed by atoms with Crippen molar-refractivity contribution >= 4 is 5.97 Å². The average Bonchev–Trinajstić information content (AvgIpc) is 2.11. The van der Waals surface area contributed by atoms with Crippen LogP contribution in [0.1, 0.15) is 21.7 Å². The van der Waals surface area contributed by atoms with Gasteiger partial charge >= 0.3 is 5.97 Å². The highest BCUT2D eigenvalue weighted by molar-refractivity contribution is 5.89. The van der Waals surface area contributed by atoms with Crippen molar-refractivity contribution in [2.24, 2.45) is 0 Å². The fourth-order valence-electron chi connectivity index (χ4n) is 0.866. The minimum absolute atomic E-state index is 0.278. The molecule has 1 rings (SSSR count). The molecule has 4 heteroatoms. The molecule has 0 radical (unpaired) electrons. The molecular formula is C6H8N2O2. The molecular weight excluding hydrogens is 132 g/mol. The zero-order valence-corrected chi connectivity index (χ0v) is 5.80. The lowest BCUT2D eigenvalue weighted by Crippen LogP contribution is -1.98. The number of hydrogen-bond donors (Lipinski definition) is 2. The largest absolute Gasteiger partial charge is 0.478 e. The fraction of sp³-hybridized carbons (Fsp3) is 0.333. The van der Waals surface area contributed by atoms with Crippen LogP contribution in [-0.4, -0.2) is 21.3 Å². The summed E-state index contributed by atoms with van der Waals surface area (Å²) in [5.41, 5.74) is 1.41. The van der Waals surface area contributed by atoms with Crippen LogP contribution in [0.5, 0.6) is 0 Å². The van der Waals surface area contributed by atoms with Crippen molar-refractivity contribution < 1.29 is 9.90 Å². The van der Waals surface area contributed by atoms with E-state index in [1.807, 2.05) is 0 Å². The number of carbonyl (C=O) groups is 1. The van der Waals surface area contributed by atoms with Crippen LogP contribution in [0.4, 0.5) is 0 Å². The molecule has 0 spiro atoms. The maximum Gasteiger partial charge on any atom is 0.339 e. The Morgan fingerprint density at radius 2 is 2.20 bits per heavy atom. The number of aromatic carboxylic acids is 1. The van der Waals surface area contributed by atoms with Crippen LogP contribution in [0, 0.1) is 13.8 Å². The van der Waals surface area contributed by atoms with Crippen molar-refractivity contribution in [3.05, 3.63) is 17.0 Å². The van der Waals surface area contributed by atoms with Gasteiger partial charge in [0.25, 0.3) is 0 Å². The van der Waals surface area contributed by atoms with Crippen molar-refractivity contribution in [3.8, 4) is 0 Å². The third-order valence-corrected chi connectivity index (χ3v) is 1.34. The number of aromatic amines is 1. The number of aryl methyl sites for hydroxylation is 2. The highest BCUT2D eigenvalue weighted by Gasteiger charge is 2.12. The van der Waals surface area contributed by atoms with Gasteiger partial charge in [0.1, 0.15) is 5.56 Å². The van der Waals surface area contributed by atoms with E-state index in [1.165, 1.54) is 0 Å². The lowest BCUT2D eigenvalue weighted by molar-refractivity contribution is 0.0695. The fourth-order valence-corrected chi connectivity index (χ4v) is 0.866. The molecule has 54 valence electrons. The smallest absolute Gasteiger partial charge is 0.339 e. The first kappa shape index (κ1) is 6.80. The molecule has 0 fully saturated rings. The Kier molecular flexibility index (Phi) is 1.45. The summed E-state index contributed by atoms with van der Waals surface area (Å²) in [6, 6.07) is 0. The van der Waals surface area contributed by atoms with Crippen molar-refractivity contribution in [2.45, 2.75) is 13.8 Å². The molecule has 0 saturated heterocycles. The third kappa shape index (κ3) is 0.877. The second-order valence-electron chi connectivity index (χ2n) is 2.11. The van der Waals surface area contributed by atoms with Crippen molar-refractivity contribution in [2.75, 3.05) is 0 Å². The molecule has 10 heavy (non-hydrogen) atoms. The molecule has 0 aliphatic carbocycles. The van der Waals surface area contributed by atoms with Crippen LogP contribution in [0.25, 0.3) is 0 Å². The van der Waals surface area contributed by atoms with Crippen LogP contribution in [0.2, 0.25) is 0 Å². The number of carboxylic acids is 1. The SMILES string of the molecule is Cc1n[nH]c(C)c1C(=O)O. The average molecular weight is 140 g/mol. The van der Waals surface area contributed by atoms with Gasteiger partial charge in [0, 0.05) is 5.69 Å². The Balaban J connectivity index is 3.23. The first-order valence-corrected chi connectivity index (χ1v) is 2.87. The zero-order valence-electron chi connectivity index (χ0n) is 5.80. The summed E-state index contributed by atoms with van der Waals surface area (Å²) >= 11 is 0. The summed E-state index contributed by atoms with van der Waals surface area (Å²) in [4.78, 5) is 10.4. The molecule has 0 saturated carbocycles. The summed E-state index contributed by atoms with van der Waals surface area (Å²) in [6.07, 6.45) is 0. The van der Waals surface area contributed by atoms with Crippen molar-refractivity contribution in [1.82, 2.24) is 10.2 Å². The van der Waals surface area contributed by atoms with Crippen molar-refractivity contribution in [3.63, 3.8) is 0 Å². The highest BCUT2D eigenvalue weighted by Crippen LogP contribution is 2.07. The Labute approximate surface area is 57.9 Å². The number of hydrogen-bond acceptors (Lipinski definition) is 2. The van der Waals surface area contributed by atoms with E-state index in [1.54, 1.807) is 13.8 Å². The topological polar surface area (TPSA) is 66.0 Å². The first-order valence-electron chi connectivity index (χ1n) is 2.87. The molecule has 2 N–H and O–H groups in total. The van der Waals surface area contributed by atoms with E-state index in [4.69, 9.17) is 5.11 Å². The van der Waals surface area contributed by atoms with Gasteiger partial charge < -0.3 is 5.11 Å². The van der Waals surface area contributed by atoms with Crippen LogP contribution in [-0.2, 0) is 0 Å². The lowest BCUT2D eigenvalue weighted by Gasteiger charge is -1.89. The molecule has 1 heterocycles. The number of nitrogens with zero attached hydrogens (tertiary/aromatic N) is 1. The molecule has 0 amide bonds. The second-order valence-corrected chi connectivity index (χ2v) is 2.11. The summed E-state index contributed by atoms with van der Waals surface area (Å²) < 4.78 is 0. The second kappa shape index (κ2) is 2.13. The lowest BCUT2D eigenvalue weighted by atomic mass is 10.2. The standard InChI is InChI=1S/C6H8N2O2/c1-3-5(6(9)10)4(2)8-7-3/h1-2H3,(H,7,8)(H,9,10). The monoisotopic (exact) mass is 140 g/mol. The Bertz CT molecular complexity index is 245. The van der Waals surface area contributed by atoms with E-state index in [-0.39, 0.29) is 5.56 Å². The number of rotatable bonds is 1. The number of nitrogens with one attached hydrogen (secondary N) is 1. The molecule has 0 atom stereocenters. The molecule has 0 aliphatic rings. The third-order valence-electron chi connectivity index (χ3n) is 1.34. The quantitative estimate of drug-likeness (QED) is 0.604. The minimum atomic E-state index is -0.927. The van der Waals surface area contributed by atoms with Gasteiger partial charge in [-0.1, -0.05) is 0 Å². The van der Waals surface area contributed by atoms with Gasteiger partial charge in [0.15, 0.2) is 0 Å². The summed E-state index contributed by atoms with van der Waals surface area (Å²) in [5, 5.41) is 14.9. The van der Waals surface area contributed by atoms with Crippen LogP contribution < -0.4 is 0 Å². The predicted octanol–water partition coefficient (Wildman–Crippen LogP) is 0.725. The van der Waals surface area contributed by atoms with Gasteiger partial charge in [-0.25, -0.2) is 4.79 Å². The maximum absolute atomic E-state index is 10.4. The molecule has 0 unspecified atom stereocenters. The normalized spacial score (nSPS) is 9.80. The summed E-state index contributed by atoms with van der Waals surface area (Å²) in [6.45, 7) is 3.34. The number of aromatic nitrogens is 2. The maximum atomic E-state index is 10.4. The summed E-state index contributed by atoms with van der Waals surface area (Å²) in [5.74, 6) is -0.927. The number of carboxylic acid groups (broad SMARTS) is 1. The highest BCUT2D eigenvalue weighted by atomic mass is 16.4. The summed E-state index contributed by atoms with van der Waals surface area (Å²) in [7, 11) is 0. The van der Waals surface area contributed by atoms with E-state index in [0.717, 1.165) is 0 Å². The van der Waals surface area contributed by atoms with Gasteiger partial charge in [0.05, 0.1) is 5.69 Å². The molecule has 0 aromatic carbocycles. The molecule has 1 aromatic heterocycles. The van der Waals surface area contributed by atoms with Gasteiger partial charge in [-0.05, 0) is 13.8 Å². The molecule has 4 nitrogen and oxygen atoms in total. The molecule has 0 aliphatic heterocycles. The van der Waals surface area contributed by atoms with E-state index in [0.29, 0.717) is 11.4 Å². The van der Waals surface area contributed by atoms with Gasteiger partial charge in [-0.15, -0.1) is 0 Å². The Morgan fingerprint density at radius 1 is 1.60 bits per heavy atom. The Morgan fingerprint density at radius 3 is 2.40 bits per heavy atom. The minimum Gasteiger partial charge on any atom is -0.478 e. The van der Waals surface area contributed by atoms with E-state index < -0.39 is 5.97 Å². The van der Waals surface area contributed by atoms with Crippen molar-refractivity contribution in [1.29, 1.82) is 0 Å². The number of H-pyrrole nitrogens is 1. The van der Waals surface area contributed by atoms with Crippen LogP contribution in [0.15, 0.2) is 0 Å².